The smallest absolute Gasteiger partial charge is 0.261 e. The first-order valence-electron chi connectivity index (χ1n) is 1.51. The number of hydrogen-bond acceptors (Lipinski definition) is 2. The minimum atomic E-state index is -4.00. The van der Waals surface area contributed by atoms with Gasteiger partial charge in [-0.05, 0) is 0 Å². The average molecular weight is 97.1 g/mol. The molecule has 5 heavy (non-hydrogen) atoms. The molecule has 0 aliphatic rings. The van der Waals surface area contributed by atoms with Crippen molar-refractivity contribution in [3.8, 4) is 0 Å². The summed E-state index contributed by atoms with van der Waals surface area (Å²) < 4.78 is 32.4. The van der Waals surface area contributed by atoms with Gasteiger partial charge >= 0.3 is 0 Å². The van der Waals surface area contributed by atoms with E-state index in [0.717, 1.165) is 0 Å². The van der Waals surface area contributed by atoms with E-state index < -0.39 is 16.3 Å². The van der Waals surface area contributed by atoms with Gasteiger partial charge in [0.1, 0.15) is 0 Å². The molecule has 0 saturated heterocycles. The average Bonchev–Trinajstić information content (AvgIpc) is 1.35. The summed E-state index contributed by atoms with van der Waals surface area (Å²) in [5, 5.41) is 0. The normalized spacial score (nSPS) is 14.2. The van der Waals surface area contributed by atoms with Gasteiger partial charge < -0.3 is 0 Å². The van der Waals surface area contributed by atoms with Crippen LogP contribution in [0.25, 0.3) is 0 Å². The Hall–Kier alpha value is -0.0900. The predicted octanol–water partition coefficient (Wildman–Crippen LogP) is -0.496. The van der Waals surface area contributed by atoms with Gasteiger partial charge in [0, 0.05) is 1.37 Å². The summed E-state index contributed by atoms with van der Waals surface area (Å²) in [7, 11) is -4.00. The van der Waals surface area contributed by atoms with Crippen molar-refractivity contribution in [1.29, 1.82) is 0 Å². The largest absolute Gasteiger partial charge is 0.286 e. The Bertz CT molecular complexity index is 113. The Morgan fingerprint density at radius 1 is 2.00 bits per heavy atom. The number of rotatable bonds is 0. The minimum Gasteiger partial charge on any atom is -0.286 e. The standard InChI is InChI=1S/CH4O3S/c1-5(2,3)4/h1H3,(H,2,3,4)/i1D. The van der Waals surface area contributed by atoms with Gasteiger partial charge in [0.2, 0.25) is 0 Å². The van der Waals surface area contributed by atoms with Gasteiger partial charge in [-0.3, -0.25) is 4.55 Å². The molecule has 0 saturated carbocycles. The minimum absolute atomic E-state index is 0.951. The maximum atomic E-state index is 9.37. The second-order valence-corrected chi connectivity index (χ2v) is 1.75. The topological polar surface area (TPSA) is 54.4 Å². The predicted molar refractivity (Wildman–Crippen MR) is 17.5 cm³/mol. The molecule has 0 atom stereocenters. The zero-order chi connectivity index (χ0) is 5.21. The molecular weight excluding hydrogens is 92.1 g/mol. The third-order valence-corrected chi connectivity index (χ3v) is 0. The van der Waals surface area contributed by atoms with Crippen LogP contribution in [0.15, 0.2) is 0 Å². The number of hydrogen-bond donors (Lipinski definition) is 1. The zero-order valence-electron chi connectivity index (χ0n) is 3.38. The molecule has 3 nitrogen and oxygen atoms in total. The molecule has 0 unspecified atom stereocenters. The highest BCUT2D eigenvalue weighted by atomic mass is 32.2. The molecular formula is CH4O3S. The summed E-state index contributed by atoms with van der Waals surface area (Å²) in [6, 6.07) is 0. The van der Waals surface area contributed by atoms with Gasteiger partial charge in [-0.1, -0.05) is 0 Å². The highest BCUT2D eigenvalue weighted by Crippen LogP contribution is 1.60. The lowest BCUT2D eigenvalue weighted by molar-refractivity contribution is 0.490. The molecule has 0 radical (unpaired) electrons. The Kier molecular flexibility index (Phi) is 0.590. The lowest BCUT2D eigenvalue weighted by Crippen LogP contribution is -1.88. The van der Waals surface area contributed by atoms with Crippen LogP contribution < -0.4 is 0 Å². The van der Waals surface area contributed by atoms with Gasteiger partial charge in [-0.25, -0.2) is 0 Å². The van der Waals surface area contributed by atoms with Gasteiger partial charge in [0.15, 0.2) is 0 Å². The van der Waals surface area contributed by atoms with E-state index >= 15 is 0 Å². The molecule has 0 aromatic carbocycles. The van der Waals surface area contributed by atoms with Gasteiger partial charge in [-0.2, -0.15) is 8.42 Å². The highest BCUT2D eigenvalue weighted by molar-refractivity contribution is 7.85. The fourth-order valence-corrected chi connectivity index (χ4v) is 0. The monoisotopic (exact) mass is 97.0 g/mol. The van der Waals surface area contributed by atoms with Gasteiger partial charge in [0.05, 0.1) is 6.23 Å². The van der Waals surface area contributed by atoms with Crippen LogP contribution in [-0.2, 0) is 10.1 Å². The molecule has 0 aromatic rings. The van der Waals surface area contributed by atoms with Crippen LogP contribution in [0.2, 0.25) is 0 Å². The fourth-order valence-electron chi connectivity index (χ4n) is 0. The highest BCUT2D eigenvalue weighted by Gasteiger charge is 1.81. The molecule has 1 N–H and O–H groups in total. The Morgan fingerprint density at radius 3 is 2.20 bits per heavy atom. The van der Waals surface area contributed by atoms with E-state index in [1.165, 1.54) is 0 Å². The Labute approximate surface area is 31.8 Å². The van der Waals surface area contributed by atoms with Crippen LogP contribution >= 0.6 is 0 Å². The molecule has 0 spiro atoms. The Morgan fingerprint density at radius 2 is 2.20 bits per heavy atom. The fraction of sp³-hybridized carbons (Fsp3) is 1.00. The van der Waals surface area contributed by atoms with E-state index in [1.807, 2.05) is 0 Å². The quantitative estimate of drug-likeness (QED) is 0.415. The second-order valence-electron chi connectivity index (χ2n) is 0.582. The van der Waals surface area contributed by atoms with Crippen molar-refractivity contribution in [2.24, 2.45) is 0 Å². The summed E-state index contributed by atoms with van der Waals surface area (Å²) >= 11 is 0. The third-order valence-electron chi connectivity index (χ3n) is 0. The lowest BCUT2D eigenvalue weighted by atomic mass is 12.0. The third kappa shape index (κ3) is 1760. The zero-order valence-corrected chi connectivity index (χ0v) is 3.20. The van der Waals surface area contributed by atoms with Crippen LogP contribution in [0.3, 0.4) is 0 Å². The summed E-state index contributed by atoms with van der Waals surface area (Å²) in [5.74, 6) is 0. The summed E-state index contributed by atoms with van der Waals surface area (Å²) in [6.45, 7) is 0. The van der Waals surface area contributed by atoms with Crippen LogP contribution in [0.5, 0.6) is 0 Å². The molecule has 32 valence electrons. The lowest BCUT2D eigenvalue weighted by Gasteiger charge is -1.69. The van der Waals surface area contributed by atoms with Crippen molar-refractivity contribution in [2.45, 2.75) is 0 Å². The van der Waals surface area contributed by atoms with Crippen LogP contribution in [0.4, 0.5) is 0 Å². The van der Waals surface area contributed by atoms with E-state index in [9.17, 15) is 8.42 Å². The molecule has 0 amide bonds. The van der Waals surface area contributed by atoms with Crippen molar-refractivity contribution in [1.82, 2.24) is 0 Å². The molecule has 0 heterocycles. The molecule has 0 fully saturated rings. The maximum Gasteiger partial charge on any atom is 0.261 e. The van der Waals surface area contributed by atoms with Gasteiger partial charge in [0.25, 0.3) is 10.1 Å². The van der Waals surface area contributed by atoms with E-state index in [4.69, 9.17) is 5.92 Å². The van der Waals surface area contributed by atoms with Crippen LogP contribution in [0.1, 0.15) is 1.37 Å². The molecule has 0 aromatic heterocycles. The van der Waals surface area contributed by atoms with Crippen LogP contribution in [-0.4, -0.2) is 19.2 Å². The van der Waals surface area contributed by atoms with E-state index in [0.29, 0.717) is 0 Å². The van der Waals surface area contributed by atoms with Crippen molar-refractivity contribution in [2.75, 3.05) is 6.23 Å². The van der Waals surface area contributed by atoms with E-state index in [2.05, 4.69) is 0 Å². The second kappa shape index (κ2) is 0.948. The molecule has 0 bridgehead atoms. The Balaban J connectivity index is 3.85. The molecule has 0 aliphatic carbocycles. The van der Waals surface area contributed by atoms with Crippen molar-refractivity contribution in [3.05, 3.63) is 0 Å². The summed E-state index contributed by atoms with van der Waals surface area (Å²) in [4.78, 5) is 0. The van der Waals surface area contributed by atoms with Crippen molar-refractivity contribution in [3.63, 3.8) is 0 Å². The van der Waals surface area contributed by atoms with Gasteiger partial charge in [-0.15, -0.1) is 0 Å². The molecule has 0 rings (SSSR count). The summed E-state index contributed by atoms with van der Waals surface area (Å²) in [5.41, 5.74) is 0. The maximum absolute atomic E-state index is 9.37. The molecule has 0 aliphatic heterocycles. The summed E-state index contributed by atoms with van der Waals surface area (Å²) in [6.07, 6.45) is -0.951. The SMILES string of the molecule is [2H]CS(=O)(=O)O. The van der Waals surface area contributed by atoms with E-state index in [1.54, 1.807) is 0 Å². The van der Waals surface area contributed by atoms with E-state index in [-0.39, 0.29) is 0 Å². The first kappa shape index (κ1) is 3.11. The van der Waals surface area contributed by atoms with Crippen LogP contribution in [0, 0.1) is 0 Å². The van der Waals surface area contributed by atoms with Crippen molar-refractivity contribution >= 4 is 10.1 Å². The first-order chi connectivity index (χ1) is 2.56. The first-order valence-corrected chi connectivity index (χ1v) is 2.41. The van der Waals surface area contributed by atoms with Crippen molar-refractivity contribution < 1.29 is 14.3 Å². The molecule has 4 heteroatoms.